The van der Waals surface area contributed by atoms with Crippen molar-refractivity contribution < 1.29 is 38.1 Å². The maximum absolute atomic E-state index is 14.2. The van der Waals surface area contributed by atoms with Gasteiger partial charge in [0.25, 0.3) is 5.91 Å². The highest BCUT2D eigenvalue weighted by Crippen LogP contribution is 2.41. The van der Waals surface area contributed by atoms with Gasteiger partial charge in [0.05, 0.1) is 53.0 Å². The number of benzene rings is 3. The van der Waals surface area contributed by atoms with E-state index in [1.165, 1.54) is 15.4 Å². The van der Waals surface area contributed by atoms with Crippen LogP contribution in [0.3, 0.4) is 0 Å². The van der Waals surface area contributed by atoms with E-state index in [0.29, 0.717) is 49.9 Å². The number of nitrogens with one attached hydrogen (secondary N) is 2. The zero-order valence-electron chi connectivity index (χ0n) is 46.1. The lowest BCUT2D eigenvalue weighted by Gasteiger charge is -2.42. The fourth-order valence-corrected chi connectivity index (χ4v) is 12.9. The molecule has 3 aromatic carbocycles. The van der Waals surface area contributed by atoms with Crippen LogP contribution in [0.2, 0.25) is 5.02 Å². The van der Waals surface area contributed by atoms with Crippen molar-refractivity contribution in [3.05, 3.63) is 112 Å². The lowest BCUT2D eigenvalue weighted by atomic mass is 9.80. The summed E-state index contributed by atoms with van der Waals surface area (Å²) in [6, 6.07) is 20.2. The molecule has 0 bridgehead atoms. The number of rotatable bonds is 20. The first-order chi connectivity index (χ1) is 38.5. The maximum atomic E-state index is 14.2. The summed E-state index contributed by atoms with van der Waals surface area (Å²) >= 11 is 8.39. The van der Waals surface area contributed by atoms with Crippen LogP contribution >= 0.6 is 22.9 Å². The summed E-state index contributed by atoms with van der Waals surface area (Å²) in [6.07, 6.45) is 4.07. The van der Waals surface area contributed by atoms with Gasteiger partial charge in [-0.2, -0.15) is 15.2 Å². The number of aromatic nitrogens is 3. The summed E-state index contributed by atoms with van der Waals surface area (Å²) in [5.74, 6) is -2.16. The van der Waals surface area contributed by atoms with E-state index in [0.717, 1.165) is 76.1 Å². The Morgan fingerprint density at radius 2 is 1.79 bits per heavy atom. The molecule has 9 rings (SSSR count). The Hall–Kier alpha value is -6.56. The van der Waals surface area contributed by atoms with Gasteiger partial charge in [-0.1, -0.05) is 93.5 Å². The summed E-state index contributed by atoms with van der Waals surface area (Å²) in [5, 5.41) is 29.1. The number of amides is 4. The summed E-state index contributed by atoms with van der Waals surface area (Å²) in [7, 11) is 0. The average molecular weight is 1130 g/mol. The van der Waals surface area contributed by atoms with Crippen LogP contribution in [0.25, 0.3) is 21.2 Å². The molecule has 0 spiro atoms. The third kappa shape index (κ3) is 13.6. The Morgan fingerprint density at radius 1 is 1.00 bits per heavy atom. The van der Waals surface area contributed by atoms with Gasteiger partial charge in [-0.3, -0.25) is 24.1 Å². The van der Waals surface area contributed by atoms with Gasteiger partial charge >= 0.3 is 6.01 Å². The van der Waals surface area contributed by atoms with E-state index in [9.17, 15) is 33.9 Å². The Kier molecular flexibility index (Phi) is 18.8. The van der Waals surface area contributed by atoms with Crippen molar-refractivity contribution >= 4 is 63.2 Å². The lowest BCUT2D eigenvalue weighted by molar-refractivity contribution is -0.144. The number of β-amino-alcohol motifs (C(OH)–C–C–N with tert-alkyl or cyclic N) is 1. The van der Waals surface area contributed by atoms with E-state index in [1.54, 1.807) is 11.3 Å². The molecule has 3 aliphatic heterocycles. The van der Waals surface area contributed by atoms with Crippen LogP contribution in [0.1, 0.15) is 99.7 Å². The molecule has 0 saturated carbocycles. The number of carbonyl (C=O) groups is 4. The Balaban J connectivity index is 0.772. The van der Waals surface area contributed by atoms with Gasteiger partial charge in [0, 0.05) is 80.7 Å². The number of thiazole rings is 1. The number of anilines is 1. The van der Waals surface area contributed by atoms with Crippen molar-refractivity contribution in [1.29, 1.82) is 5.26 Å². The molecule has 6 atom stereocenters. The number of fused-ring (bicyclic) bond motifs is 2. The monoisotopic (exact) mass is 1130 g/mol. The first-order valence-electron chi connectivity index (χ1n) is 27.8. The highest BCUT2D eigenvalue weighted by atomic mass is 35.5. The van der Waals surface area contributed by atoms with Crippen molar-refractivity contribution in [2.45, 2.75) is 128 Å². The fourth-order valence-electron chi connectivity index (χ4n) is 11.8. The van der Waals surface area contributed by atoms with Crippen LogP contribution in [-0.2, 0) is 43.3 Å². The van der Waals surface area contributed by atoms with E-state index in [4.69, 9.17) is 31.0 Å². The van der Waals surface area contributed by atoms with Crippen LogP contribution in [0.15, 0.2) is 78.6 Å². The van der Waals surface area contributed by atoms with Crippen molar-refractivity contribution in [1.82, 2.24) is 40.3 Å². The second-order valence-corrected chi connectivity index (χ2v) is 23.8. The third-order valence-corrected chi connectivity index (χ3v) is 17.3. The predicted octanol–water partition coefficient (Wildman–Crippen LogP) is 7.85. The largest absolute Gasteiger partial charge is 0.462 e. The van der Waals surface area contributed by atoms with Crippen LogP contribution < -0.4 is 20.3 Å². The van der Waals surface area contributed by atoms with Crippen LogP contribution in [0.5, 0.6) is 6.01 Å². The number of aliphatic hydroxyl groups excluding tert-OH is 1. The number of halogens is 2. The minimum absolute atomic E-state index is 0.0161. The minimum Gasteiger partial charge on any atom is -0.462 e. The number of aryl methyl sites for hydroxylation is 1. The molecular formula is C60H72ClFN10O7S. The van der Waals surface area contributed by atoms with E-state index in [1.807, 2.05) is 69.6 Å². The number of aliphatic hydroxyl groups is 1. The van der Waals surface area contributed by atoms with E-state index in [2.05, 4.69) is 62.3 Å². The van der Waals surface area contributed by atoms with Gasteiger partial charge in [0.1, 0.15) is 24.5 Å². The standard InChI is InChI=1S/C60H72ClFN10O7S/c1-37(62)57(76)71-27-26-70(33-43(71)21-23-63)55-47-20-19-42(46-13-6-10-40-11-7-14-48(61)52(40)46)30-49(47)66-59(68-55)79-35-44-12-8-24-69(44)25-9-28-78-29-22-51(74)67-54(60(3,4)5)58(77)72-34-45(73)31-50(72)56(75)64-32-39-15-17-41(18-16-39)53-38(2)65-36-80-53/h6-7,10-11,13-18,36,42-45,50,54,73H,1,8-9,12,19-22,24-35H2,2-5H3,(H,64,75)(H,67,74)/t42?,43-,44-,45+,50-,54+/m0/s1. The molecule has 4 aliphatic rings. The van der Waals surface area contributed by atoms with Gasteiger partial charge in [-0.15, -0.1) is 11.3 Å². The summed E-state index contributed by atoms with van der Waals surface area (Å²) in [5.41, 5.74) is 7.06. The van der Waals surface area contributed by atoms with E-state index in [-0.39, 0.29) is 81.8 Å². The van der Waals surface area contributed by atoms with Gasteiger partial charge in [0.2, 0.25) is 17.7 Å². The number of hydrogen-bond donors (Lipinski definition) is 3. The number of hydrogen-bond acceptors (Lipinski definition) is 14. The van der Waals surface area contributed by atoms with Crippen LogP contribution in [0, 0.1) is 23.7 Å². The lowest BCUT2D eigenvalue weighted by Crippen LogP contribution is -2.57. The number of likely N-dealkylation sites (tertiary alicyclic amines) is 2. The number of ether oxygens (including phenoxy) is 2. The number of nitrogens with zero attached hydrogens (tertiary/aromatic N) is 8. The number of piperazine rings is 1. The van der Waals surface area contributed by atoms with Crippen LogP contribution in [-0.4, -0.2) is 148 Å². The van der Waals surface area contributed by atoms with E-state index >= 15 is 0 Å². The Morgan fingerprint density at radius 3 is 2.52 bits per heavy atom. The fraction of sp³-hybridized carbons (Fsp3) is 0.500. The molecule has 80 heavy (non-hydrogen) atoms. The molecular weight excluding hydrogens is 1060 g/mol. The molecule has 2 aromatic heterocycles. The molecule has 5 heterocycles. The van der Waals surface area contributed by atoms with Gasteiger partial charge in [0.15, 0.2) is 5.83 Å². The highest BCUT2D eigenvalue weighted by molar-refractivity contribution is 7.13. The van der Waals surface area contributed by atoms with Gasteiger partial charge in [-0.05, 0) is 91.5 Å². The molecule has 20 heteroatoms. The van der Waals surface area contributed by atoms with Gasteiger partial charge in [-0.25, -0.2) is 9.37 Å². The smallest absolute Gasteiger partial charge is 0.318 e. The van der Waals surface area contributed by atoms with Crippen molar-refractivity contribution in [2.75, 3.05) is 64.0 Å². The second kappa shape index (κ2) is 25.9. The SMILES string of the molecule is C=C(F)C(=O)N1CCN(c2nc(OC[C@@H]3CCCN3CCCOCCC(=O)N[C@H](C(=O)N3C[C@H](O)C[C@H]3C(=O)NCc3ccc(-c4scnc4C)cc3)C(C)(C)C)nc3c2CCC(c2cccc4cccc(Cl)c24)C3)C[C@@H]1CC#N. The van der Waals surface area contributed by atoms with E-state index < -0.39 is 47.3 Å². The molecule has 17 nitrogen and oxygen atoms in total. The van der Waals surface area contributed by atoms with Gasteiger partial charge < -0.3 is 39.9 Å². The second-order valence-electron chi connectivity index (χ2n) is 22.5. The van der Waals surface area contributed by atoms with Crippen molar-refractivity contribution in [3.63, 3.8) is 0 Å². The molecule has 5 aromatic rings. The highest BCUT2D eigenvalue weighted by Gasteiger charge is 2.45. The molecule has 3 N–H and O–H groups in total. The minimum atomic E-state index is -1.05. The Labute approximate surface area is 476 Å². The first-order valence-corrected chi connectivity index (χ1v) is 29.1. The molecule has 3 saturated heterocycles. The van der Waals surface area contributed by atoms with Crippen molar-refractivity contribution in [3.8, 4) is 22.5 Å². The average Bonchev–Trinajstić information content (AvgIpc) is 4.28. The molecule has 1 unspecified atom stereocenters. The predicted molar refractivity (Wildman–Crippen MR) is 306 cm³/mol. The van der Waals surface area contributed by atoms with Crippen molar-refractivity contribution in [2.24, 2.45) is 5.41 Å². The first kappa shape index (κ1) is 58.1. The number of carbonyl (C=O) groups excluding carboxylic acids is 4. The number of nitriles is 1. The summed E-state index contributed by atoms with van der Waals surface area (Å²) in [4.78, 5) is 76.7. The Bertz CT molecular complexity index is 3110. The molecule has 3 fully saturated rings. The molecule has 4 amide bonds. The third-order valence-electron chi connectivity index (χ3n) is 16.0. The zero-order valence-corrected chi connectivity index (χ0v) is 47.7. The maximum Gasteiger partial charge on any atom is 0.318 e. The summed E-state index contributed by atoms with van der Waals surface area (Å²) in [6.45, 7) is 14.4. The molecule has 0 radical (unpaired) electrons. The normalized spacial score (nSPS) is 20.8. The van der Waals surface area contributed by atoms with Crippen LogP contribution in [0.4, 0.5) is 10.2 Å². The topological polar surface area (TPSA) is 206 Å². The molecule has 1 aliphatic carbocycles. The zero-order chi connectivity index (χ0) is 56.7. The summed E-state index contributed by atoms with van der Waals surface area (Å²) < 4.78 is 26.6. The quantitative estimate of drug-likeness (QED) is 0.0502. The molecule has 424 valence electrons.